The fraction of sp³-hybridized carbons (Fsp3) is 0.875. The molecule has 0 aliphatic carbocycles. The largest absolute Gasteiger partial charge is 0.490 e. The summed E-state index contributed by atoms with van der Waals surface area (Å²) in [4.78, 5) is 10.3. The summed E-state index contributed by atoms with van der Waals surface area (Å²) in [5.41, 5.74) is 5.17. The lowest BCUT2D eigenvalue weighted by Crippen LogP contribution is -2.34. The number of esters is 1. The van der Waals surface area contributed by atoms with Gasteiger partial charge in [0, 0.05) is 0 Å². The number of ether oxygens (including phenoxy) is 1. The van der Waals surface area contributed by atoms with Gasteiger partial charge in [-0.05, 0) is 12.8 Å². The van der Waals surface area contributed by atoms with E-state index < -0.39 is 18.4 Å². The third-order valence-electron chi connectivity index (χ3n) is 1.58. The van der Waals surface area contributed by atoms with Crippen LogP contribution in [0.2, 0.25) is 0 Å². The molecule has 0 fully saturated rings. The molecule has 0 aromatic carbocycles. The first kappa shape index (κ1) is 13.2. The molecule has 0 radical (unpaired) electrons. The molecule has 0 heterocycles. The third kappa shape index (κ3) is 5.80. The summed E-state index contributed by atoms with van der Waals surface area (Å²) in [6, 6.07) is 0. The summed E-state index contributed by atoms with van der Waals surface area (Å²) in [6.45, 7) is 1.95. The Labute approximate surface area is 80.4 Å². The summed E-state index contributed by atoms with van der Waals surface area (Å²) >= 11 is 0. The first-order chi connectivity index (χ1) is 6.38. The minimum absolute atomic E-state index is 0.260. The number of carbonyl (C=O) groups excluding carboxylic acids is 1. The molecule has 0 bridgehead atoms. The molecule has 3 nitrogen and oxygen atoms in total. The molecule has 0 rings (SSSR count). The molecular formula is C8H14F3NO2. The van der Waals surface area contributed by atoms with Crippen LogP contribution >= 0.6 is 0 Å². The van der Waals surface area contributed by atoms with E-state index in [1.807, 2.05) is 6.92 Å². The number of halogens is 3. The zero-order chi connectivity index (χ0) is 11.2. The van der Waals surface area contributed by atoms with Gasteiger partial charge in [0.25, 0.3) is 0 Å². The summed E-state index contributed by atoms with van der Waals surface area (Å²) in [7, 11) is 0. The summed E-state index contributed by atoms with van der Waals surface area (Å²) < 4.78 is 39.0. The van der Waals surface area contributed by atoms with Crippen molar-refractivity contribution < 1.29 is 22.7 Å². The topological polar surface area (TPSA) is 52.3 Å². The predicted octanol–water partition coefficient (Wildman–Crippen LogP) is 1.96. The Morgan fingerprint density at radius 2 is 2.00 bits per heavy atom. The molecule has 6 heteroatoms. The quantitative estimate of drug-likeness (QED) is 0.431. The van der Waals surface area contributed by atoms with Crippen LogP contribution in [-0.2, 0) is 9.53 Å². The summed E-state index contributed by atoms with van der Waals surface area (Å²) in [5.74, 6) is -2.22. The Morgan fingerprint density at radius 3 is 2.43 bits per heavy atom. The second kappa shape index (κ2) is 5.85. The molecular weight excluding hydrogens is 199 g/mol. The molecule has 0 aromatic rings. The highest BCUT2D eigenvalue weighted by Crippen LogP contribution is 2.17. The van der Waals surface area contributed by atoms with Gasteiger partial charge in [0.2, 0.25) is 0 Å². The Balaban J connectivity index is 3.72. The van der Waals surface area contributed by atoms with Crippen molar-refractivity contribution in [2.24, 2.45) is 5.73 Å². The van der Waals surface area contributed by atoms with Crippen LogP contribution in [0.3, 0.4) is 0 Å². The number of unbranched alkanes of at least 4 members (excludes halogenated alkanes) is 2. The zero-order valence-electron chi connectivity index (χ0n) is 7.93. The maximum Gasteiger partial charge on any atom is 0.490 e. The van der Waals surface area contributed by atoms with E-state index in [9.17, 15) is 18.0 Å². The van der Waals surface area contributed by atoms with Gasteiger partial charge in [0.1, 0.15) is 0 Å². The fourth-order valence-corrected chi connectivity index (χ4v) is 0.859. The van der Waals surface area contributed by atoms with E-state index in [1.54, 1.807) is 0 Å². The molecule has 1 atom stereocenters. The van der Waals surface area contributed by atoms with Crippen molar-refractivity contribution in [3.8, 4) is 0 Å². The van der Waals surface area contributed by atoms with E-state index in [0.29, 0.717) is 6.42 Å². The van der Waals surface area contributed by atoms with Crippen LogP contribution in [0.5, 0.6) is 0 Å². The standard InChI is InChI=1S/C8H14F3NO2/c1-2-3-4-5-6(12)14-7(13)8(9,10)11/h6H,2-5,12H2,1H3. The van der Waals surface area contributed by atoms with Crippen molar-refractivity contribution >= 4 is 5.97 Å². The van der Waals surface area contributed by atoms with Crippen LogP contribution < -0.4 is 5.73 Å². The average Bonchev–Trinajstić information content (AvgIpc) is 2.03. The van der Waals surface area contributed by atoms with Crippen molar-refractivity contribution in [3.05, 3.63) is 0 Å². The number of alkyl halides is 3. The molecule has 1 unspecified atom stereocenters. The smallest absolute Gasteiger partial charge is 0.440 e. The molecule has 0 saturated heterocycles. The van der Waals surface area contributed by atoms with E-state index in [2.05, 4.69) is 4.74 Å². The number of hydrogen-bond acceptors (Lipinski definition) is 3. The molecule has 0 aliphatic heterocycles. The monoisotopic (exact) mass is 213 g/mol. The van der Waals surface area contributed by atoms with Gasteiger partial charge >= 0.3 is 12.1 Å². The van der Waals surface area contributed by atoms with Crippen LogP contribution in [0.25, 0.3) is 0 Å². The Hall–Kier alpha value is -0.780. The van der Waals surface area contributed by atoms with E-state index in [-0.39, 0.29) is 6.42 Å². The van der Waals surface area contributed by atoms with Crippen LogP contribution in [0.15, 0.2) is 0 Å². The molecule has 0 aliphatic rings. The van der Waals surface area contributed by atoms with E-state index in [1.165, 1.54) is 0 Å². The average molecular weight is 213 g/mol. The third-order valence-corrected chi connectivity index (χ3v) is 1.58. The normalized spacial score (nSPS) is 13.8. The van der Waals surface area contributed by atoms with Gasteiger partial charge in [-0.25, -0.2) is 4.79 Å². The number of rotatable bonds is 5. The minimum Gasteiger partial charge on any atom is -0.440 e. The lowest BCUT2D eigenvalue weighted by atomic mass is 10.2. The van der Waals surface area contributed by atoms with Crippen LogP contribution in [-0.4, -0.2) is 18.4 Å². The van der Waals surface area contributed by atoms with Gasteiger partial charge in [-0.3, -0.25) is 5.73 Å². The van der Waals surface area contributed by atoms with Gasteiger partial charge in [-0.1, -0.05) is 19.8 Å². The highest BCUT2D eigenvalue weighted by Gasteiger charge is 2.41. The molecule has 14 heavy (non-hydrogen) atoms. The van der Waals surface area contributed by atoms with E-state index >= 15 is 0 Å². The second-order valence-electron chi connectivity index (χ2n) is 2.94. The minimum atomic E-state index is -4.96. The van der Waals surface area contributed by atoms with Crippen molar-refractivity contribution in [3.63, 3.8) is 0 Å². The maximum atomic E-state index is 11.7. The Morgan fingerprint density at radius 1 is 1.43 bits per heavy atom. The molecule has 0 amide bonds. The molecule has 0 aromatic heterocycles. The van der Waals surface area contributed by atoms with Crippen molar-refractivity contribution in [2.45, 2.75) is 45.0 Å². The Bertz CT molecular complexity index is 182. The first-order valence-electron chi connectivity index (χ1n) is 4.41. The second-order valence-corrected chi connectivity index (χ2v) is 2.94. The van der Waals surface area contributed by atoms with Gasteiger partial charge in [-0.15, -0.1) is 0 Å². The summed E-state index contributed by atoms with van der Waals surface area (Å²) in [6.07, 6.45) is -3.41. The number of nitrogens with two attached hydrogens (primary N) is 1. The molecule has 84 valence electrons. The van der Waals surface area contributed by atoms with Gasteiger partial charge in [0.15, 0.2) is 6.23 Å². The predicted molar refractivity (Wildman–Crippen MR) is 44.3 cm³/mol. The SMILES string of the molecule is CCCCCC(N)OC(=O)C(F)(F)F. The maximum absolute atomic E-state index is 11.7. The highest BCUT2D eigenvalue weighted by molar-refractivity contribution is 5.75. The zero-order valence-corrected chi connectivity index (χ0v) is 7.93. The van der Waals surface area contributed by atoms with Crippen molar-refractivity contribution in [2.75, 3.05) is 0 Å². The Kier molecular flexibility index (Phi) is 5.52. The summed E-state index contributed by atoms with van der Waals surface area (Å²) in [5, 5.41) is 0. The molecule has 0 saturated carbocycles. The van der Waals surface area contributed by atoms with Crippen molar-refractivity contribution in [1.29, 1.82) is 0 Å². The number of carbonyl (C=O) groups is 1. The van der Waals surface area contributed by atoms with Crippen LogP contribution in [0.4, 0.5) is 13.2 Å². The molecule has 0 spiro atoms. The lowest BCUT2D eigenvalue weighted by Gasteiger charge is -2.13. The van der Waals surface area contributed by atoms with Crippen molar-refractivity contribution in [1.82, 2.24) is 0 Å². The highest BCUT2D eigenvalue weighted by atomic mass is 19.4. The number of hydrogen-bond donors (Lipinski definition) is 1. The van der Waals surface area contributed by atoms with E-state index in [4.69, 9.17) is 5.73 Å². The van der Waals surface area contributed by atoms with Gasteiger partial charge in [0.05, 0.1) is 0 Å². The lowest BCUT2D eigenvalue weighted by molar-refractivity contribution is -0.204. The van der Waals surface area contributed by atoms with Gasteiger partial charge in [-0.2, -0.15) is 13.2 Å². The molecule has 2 N–H and O–H groups in total. The van der Waals surface area contributed by atoms with E-state index in [0.717, 1.165) is 12.8 Å². The van der Waals surface area contributed by atoms with Gasteiger partial charge < -0.3 is 4.74 Å². The van der Waals surface area contributed by atoms with Crippen LogP contribution in [0.1, 0.15) is 32.6 Å². The first-order valence-corrected chi connectivity index (χ1v) is 4.41. The van der Waals surface area contributed by atoms with Crippen LogP contribution in [0, 0.1) is 0 Å². The fourth-order valence-electron chi connectivity index (χ4n) is 0.859.